The van der Waals surface area contributed by atoms with Gasteiger partial charge in [0.15, 0.2) is 5.82 Å². The van der Waals surface area contributed by atoms with Crippen LogP contribution in [0, 0.1) is 0 Å². The molecule has 0 saturated heterocycles. The van der Waals surface area contributed by atoms with E-state index in [0.717, 1.165) is 46.4 Å². The second-order valence-electron chi connectivity index (χ2n) is 10.2. The molecule has 2 aliphatic rings. The van der Waals surface area contributed by atoms with Gasteiger partial charge in [0.25, 0.3) is 0 Å². The number of amides is 1. The van der Waals surface area contributed by atoms with Crippen molar-refractivity contribution < 1.29 is 9.90 Å². The van der Waals surface area contributed by atoms with Gasteiger partial charge in [-0.3, -0.25) is 9.48 Å². The van der Waals surface area contributed by atoms with E-state index in [1.54, 1.807) is 14.0 Å². The largest absolute Gasteiger partial charge is 0.390 e. The van der Waals surface area contributed by atoms with Crippen molar-refractivity contribution in [2.45, 2.75) is 56.1 Å². The molecule has 3 heterocycles. The molecule has 2 aliphatic carbocycles. The first-order valence-corrected chi connectivity index (χ1v) is 12.0. The third kappa shape index (κ3) is 3.25. The average Bonchev–Trinajstić information content (AvgIpc) is 3.41. The van der Waals surface area contributed by atoms with Crippen LogP contribution in [0.15, 0.2) is 48.9 Å². The summed E-state index contributed by atoms with van der Waals surface area (Å²) in [7, 11) is 1.64. The summed E-state index contributed by atoms with van der Waals surface area (Å²) in [6.07, 6.45) is 7.48. The smallest absolute Gasteiger partial charge is 0.230 e. The minimum Gasteiger partial charge on any atom is -0.390 e. The summed E-state index contributed by atoms with van der Waals surface area (Å²) in [5.74, 6) is 0.313. The molecule has 0 aliphatic heterocycles. The van der Waals surface area contributed by atoms with Gasteiger partial charge in [0.1, 0.15) is 11.8 Å². The molecule has 1 aromatic carbocycles. The van der Waals surface area contributed by atoms with E-state index in [0.29, 0.717) is 24.7 Å². The van der Waals surface area contributed by atoms with E-state index in [1.165, 1.54) is 12.7 Å². The molecule has 1 amide bonds. The first-order chi connectivity index (χ1) is 16.8. The van der Waals surface area contributed by atoms with Crippen molar-refractivity contribution in [2.24, 2.45) is 0 Å². The van der Waals surface area contributed by atoms with Crippen LogP contribution in [-0.2, 0) is 10.2 Å². The van der Waals surface area contributed by atoms with Gasteiger partial charge in [-0.15, -0.1) is 0 Å². The number of nitrogens with zero attached hydrogens (tertiary/aromatic N) is 5. The third-order valence-electron chi connectivity index (χ3n) is 7.69. The fraction of sp³-hybridized carbons (Fsp3) is 0.385. The molecule has 9 nitrogen and oxygen atoms in total. The Morgan fingerprint density at radius 2 is 1.97 bits per heavy atom. The molecule has 0 bridgehead atoms. The SMILES string of the molecule is CNC(=O)C1(c2cccc(-c3cc(-c4ccnn4C4CCC4)c4c(N)ncnn34)c2)CC(C)(O)C1. The van der Waals surface area contributed by atoms with Gasteiger partial charge in [0, 0.05) is 24.4 Å². The molecular weight excluding hydrogens is 442 g/mol. The fourth-order valence-corrected chi connectivity index (χ4v) is 5.88. The predicted octanol–water partition coefficient (Wildman–Crippen LogP) is 3.10. The lowest BCUT2D eigenvalue weighted by molar-refractivity contribution is -0.144. The Labute approximate surface area is 203 Å². The van der Waals surface area contributed by atoms with Crippen LogP contribution in [-0.4, -0.2) is 48.0 Å². The number of hydrogen-bond acceptors (Lipinski definition) is 6. The van der Waals surface area contributed by atoms with Crippen molar-refractivity contribution >= 4 is 17.2 Å². The van der Waals surface area contributed by atoms with Crippen LogP contribution in [0.5, 0.6) is 0 Å². The third-order valence-corrected chi connectivity index (χ3v) is 7.69. The first kappa shape index (κ1) is 21.8. The van der Waals surface area contributed by atoms with Gasteiger partial charge in [-0.25, -0.2) is 9.50 Å². The van der Waals surface area contributed by atoms with Crippen LogP contribution in [0.1, 0.15) is 50.6 Å². The summed E-state index contributed by atoms with van der Waals surface area (Å²) in [4.78, 5) is 17.2. The number of benzene rings is 1. The number of carbonyl (C=O) groups excluding carboxylic acids is 1. The molecule has 35 heavy (non-hydrogen) atoms. The lowest BCUT2D eigenvalue weighted by atomic mass is 9.56. The molecule has 0 unspecified atom stereocenters. The Morgan fingerprint density at radius 1 is 1.17 bits per heavy atom. The number of anilines is 1. The number of carbonyl (C=O) groups is 1. The van der Waals surface area contributed by atoms with Gasteiger partial charge >= 0.3 is 0 Å². The van der Waals surface area contributed by atoms with Crippen molar-refractivity contribution in [1.82, 2.24) is 29.7 Å². The first-order valence-electron chi connectivity index (χ1n) is 12.0. The average molecular weight is 472 g/mol. The molecule has 2 fully saturated rings. The summed E-state index contributed by atoms with van der Waals surface area (Å²) in [5, 5.41) is 22.4. The van der Waals surface area contributed by atoms with Crippen LogP contribution in [0.4, 0.5) is 5.82 Å². The zero-order valence-electron chi connectivity index (χ0n) is 19.9. The number of fused-ring (bicyclic) bond motifs is 1. The number of hydrogen-bond donors (Lipinski definition) is 3. The second-order valence-corrected chi connectivity index (χ2v) is 10.2. The molecule has 0 spiro atoms. The summed E-state index contributed by atoms with van der Waals surface area (Å²) in [5.41, 5.74) is 10.0. The van der Waals surface area contributed by atoms with E-state index < -0.39 is 11.0 Å². The monoisotopic (exact) mass is 471 g/mol. The summed E-state index contributed by atoms with van der Waals surface area (Å²) in [6, 6.07) is 12.4. The van der Waals surface area contributed by atoms with Gasteiger partial charge in [-0.05, 0) is 62.8 Å². The highest BCUT2D eigenvalue weighted by molar-refractivity contribution is 5.92. The Balaban J connectivity index is 1.51. The summed E-state index contributed by atoms with van der Waals surface area (Å²) < 4.78 is 3.90. The molecule has 9 heteroatoms. The maximum Gasteiger partial charge on any atom is 0.230 e. The van der Waals surface area contributed by atoms with Crippen molar-refractivity contribution in [1.29, 1.82) is 0 Å². The highest BCUT2D eigenvalue weighted by atomic mass is 16.3. The van der Waals surface area contributed by atoms with Crippen LogP contribution < -0.4 is 11.1 Å². The van der Waals surface area contributed by atoms with E-state index in [9.17, 15) is 9.90 Å². The zero-order chi connectivity index (χ0) is 24.4. The Morgan fingerprint density at radius 3 is 2.66 bits per heavy atom. The quantitative estimate of drug-likeness (QED) is 0.411. The second kappa shape index (κ2) is 7.64. The van der Waals surface area contributed by atoms with Crippen LogP contribution >= 0.6 is 0 Å². The molecule has 3 aromatic heterocycles. The molecule has 180 valence electrons. The number of nitrogens with one attached hydrogen (secondary N) is 1. The number of aliphatic hydroxyl groups is 1. The number of rotatable bonds is 5. The van der Waals surface area contributed by atoms with Crippen molar-refractivity contribution in [2.75, 3.05) is 12.8 Å². The van der Waals surface area contributed by atoms with E-state index in [-0.39, 0.29) is 5.91 Å². The van der Waals surface area contributed by atoms with Gasteiger partial charge in [0.2, 0.25) is 5.91 Å². The van der Waals surface area contributed by atoms with E-state index in [2.05, 4.69) is 31.2 Å². The van der Waals surface area contributed by atoms with E-state index >= 15 is 0 Å². The minimum atomic E-state index is -0.862. The summed E-state index contributed by atoms with van der Waals surface area (Å²) >= 11 is 0. The highest BCUT2D eigenvalue weighted by Gasteiger charge is 2.56. The number of nitrogens with two attached hydrogens (primary N) is 1. The van der Waals surface area contributed by atoms with Crippen molar-refractivity contribution in [3.63, 3.8) is 0 Å². The maximum absolute atomic E-state index is 12.9. The molecule has 6 rings (SSSR count). The molecule has 0 atom stereocenters. The normalized spacial score (nSPS) is 24.2. The van der Waals surface area contributed by atoms with Crippen LogP contribution in [0.25, 0.3) is 28.0 Å². The van der Waals surface area contributed by atoms with E-state index in [4.69, 9.17) is 5.73 Å². The van der Waals surface area contributed by atoms with Gasteiger partial charge in [-0.2, -0.15) is 10.2 Å². The predicted molar refractivity (Wildman–Crippen MR) is 133 cm³/mol. The number of likely N-dealkylation sites (N-methyl/N-ethyl adjacent to an activating group) is 1. The lowest BCUT2D eigenvalue weighted by Gasteiger charge is -2.50. The van der Waals surface area contributed by atoms with Crippen LogP contribution in [0.2, 0.25) is 0 Å². The zero-order valence-corrected chi connectivity index (χ0v) is 19.9. The highest BCUT2D eigenvalue weighted by Crippen LogP contribution is 2.51. The summed E-state index contributed by atoms with van der Waals surface area (Å²) in [6.45, 7) is 1.77. The fourth-order valence-electron chi connectivity index (χ4n) is 5.88. The van der Waals surface area contributed by atoms with Gasteiger partial charge in [0.05, 0.1) is 28.4 Å². The number of nitrogen functional groups attached to an aromatic ring is 1. The standard InChI is InChI=1S/C26H29N7O2/c1-25(35)13-26(14-25,24(34)28-2)17-6-3-5-16(11-17)21-12-19(22-23(27)29-15-31-33(21)22)20-9-10-30-32(20)18-7-4-8-18/h3,5-6,9-12,15,18,35H,4,7-8,13-14H2,1-2H3,(H,28,34)(H2,27,29,31). The maximum atomic E-state index is 12.9. The molecule has 4 aromatic rings. The molecule has 0 radical (unpaired) electrons. The minimum absolute atomic E-state index is 0.0853. The van der Waals surface area contributed by atoms with Crippen molar-refractivity contribution in [3.05, 3.63) is 54.5 Å². The topological polar surface area (TPSA) is 123 Å². The molecular formula is C26H29N7O2. The molecule has 4 N–H and O–H groups in total. The van der Waals surface area contributed by atoms with Gasteiger partial charge in [-0.1, -0.05) is 18.2 Å². The molecule has 2 saturated carbocycles. The lowest BCUT2D eigenvalue weighted by Crippen LogP contribution is -2.60. The number of aromatic nitrogens is 5. The van der Waals surface area contributed by atoms with Gasteiger partial charge < -0.3 is 16.2 Å². The van der Waals surface area contributed by atoms with Crippen LogP contribution in [0.3, 0.4) is 0 Å². The Bertz CT molecular complexity index is 1440. The van der Waals surface area contributed by atoms with E-state index in [1.807, 2.05) is 41.0 Å². The Kier molecular flexibility index (Phi) is 4.76. The van der Waals surface area contributed by atoms with Crippen molar-refractivity contribution in [3.8, 4) is 22.5 Å². The Hall–Kier alpha value is -3.72.